The maximum absolute atomic E-state index is 6.02. The first-order valence-electron chi connectivity index (χ1n) is 6.58. The molecule has 0 bridgehead atoms. The van der Waals surface area contributed by atoms with Gasteiger partial charge < -0.3 is 0 Å². The second-order valence-corrected chi connectivity index (χ2v) is 7.53. The van der Waals surface area contributed by atoms with Crippen LogP contribution in [0.1, 0.15) is 0 Å². The van der Waals surface area contributed by atoms with Crippen LogP contribution < -0.4 is 15.6 Å². The first-order chi connectivity index (χ1) is 9.84. The van der Waals surface area contributed by atoms with Crippen LogP contribution >= 0.6 is 11.6 Å². The van der Waals surface area contributed by atoms with Crippen molar-refractivity contribution in [2.24, 2.45) is 0 Å². The van der Waals surface area contributed by atoms with E-state index in [9.17, 15) is 0 Å². The average molecular weight is 294 g/mol. The Balaban J connectivity index is 2.11. The van der Waals surface area contributed by atoms with E-state index in [1.807, 2.05) is 12.1 Å². The van der Waals surface area contributed by atoms with Crippen LogP contribution in [0.5, 0.6) is 0 Å². The van der Waals surface area contributed by atoms with Crippen molar-refractivity contribution in [3.63, 3.8) is 0 Å². The van der Waals surface area contributed by atoms with Gasteiger partial charge in [0.15, 0.2) is 8.80 Å². The zero-order chi connectivity index (χ0) is 13.8. The summed E-state index contributed by atoms with van der Waals surface area (Å²) in [6.45, 7) is 0. The Kier molecular flexibility index (Phi) is 4.00. The predicted molar refractivity (Wildman–Crippen MR) is 89.0 cm³/mol. The Morgan fingerprint density at radius 1 is 0.500 bits per heavy atom. The van der Waals surface area contributed by atoms with Gasteiger partial charge in [-0.15, -0.1) is 0 Å². The molecule has 0 amide bonds. The zero-order valence-electron chi connectivity index (χ0n) is 11.0. The monoisotopic (exact) mass is 293 g/mol. The molecule has 0 aromatic heterocycles. The van der Waals surface area contributed by atoms with Crippen molar-refractivity contribution in [2.75, 3.05) is 0 Å². The second kappa shape index (κ2) is 6.08. The van der Waals surface area contributed by atoms with Crippen molar-refractivity contribution in [1.29, 1.82) is 0 Å². The molecule has 0 fully saturated rings. The van der Waals surface area contributed by atoms with Gasteiger partial charge in [-0.05, 0) is 12.1 Å². The summed E-state index contributed by atoms with van der Waals surface area (Å²) in [4.78, 5) is 0. The van der Waals surface area contributed by atoms with Gasteiger partial charge in [0.2, 0.25) is 0 Å². The predicted octanol–water partition coefficient (Wildman–Crippen LogP) is 2.86. The van der Waals surface area contributed by atoms with E-state index in [1.54, 1.807) is 0 Å². The molecule has 0 aliphatic rings. The van der Waals surface area contributed by atoms with E-state index in [0.29, 0.717) is 0 Å². The molecule has 3 rings (SSSR count). The molecule has 0 aliphatic heterocycles. The van der Waals surface area contributed by atoms with E-state index < -0.39 is 8.80 Å². The van der Waals surface area contributed by atoms with Gasteiger partial charge >= 0.3 is 0 Å². The molecule has 0 atom stereocenters. The first-order valence-corrected chi connectivity index (χ1v) is 8.46. The fourth-order valence-electron chi connectivity index (χ4n) is 2.33. The van der Waals surface area contributed by atoms with E-state index in [4.69, 9.17) is 11.6 Å². The van der Waals surface area contributed by atoms with Crippen LogP contribution in [-0.2, 0) is 0 Å². The minimum absolute atomic E-state index is 0.788. The lowest BCUT2D eigenvalue weighted by molar-refractivity contribution is 1.71. The molecule has 2 heteroatoms. The topological polar surface area (TPSA) is 0 Å². The fraction of sp³-hybridized carbons (Fsp3) is 0. The summed E-state index contributed by atoms with van der Waals surface area (Å²) in [6, 6.07) is 29.7. The van der Waals surface area contributed by atoms with Gasteiger partial charge in [0, 0.05) is 5.02 Å². The Labute approximate surface area is 126 Å². The summed E-state index contributed by atoms with van der Waals surface area (Å²) < 4.78 is 0. The third-order valence-electron chi connectivity index (χ3n) is 3.26. The average Bonchev–Trinajstić information content (AvgIpc) is 2.52. The van der Waals surface area contributed by atoms with Crippen LogP contribution in [0.25, 0.3) is 0 Å². The van der Waals surface area contributed by atoms with E-state index in [-0.39, 0.29) is 0 Å². The Morgan fingerprint density at radius 2 is 0.900 bits per heavy atom. The fourth-order valence-corrected chi connectivity index (χ4v) is 5.00. The van der Waals surface area contributed by atoms with Crippen molar-refractivity contribution in [3.8, 4) is 0 Å². The summed E-state index contributed by atoms with van der Waals surface area (Å²) in [5, 5.41) is 4.94. The van der Waals surface area contributed by atoms with E-state index >= 15 is 0 Å². The first kappa shape index (κ1) is 13.2. The van der Waals surface area contributed by atoms with E-state index in [1.165, 1.54) is 15.6 Å². The van der Waals surface area contributed by atoms with Crippen LogP contribution in [0.3, 0.4) is 0 Å². The molecule has 3 aromatic rings. The highest BCUT2D eigenvalue weighted by Gasteiger charge is 2.18. The molecule has 0 unspecified atom stereocenters. The molecule has 0 saturated heterocycles. The number of benzene rings is 3. The highest BCUT2D eigenvalue weighted by Crippen LogP contribution is 2.05. The molecule has 0 nitrogen and oxygen atoms in total. The van der Waals surface area contributed by atoms with Gasteiger partial charge in [-0.3, -0.25) is 0 Å². The largest absolute Gasteiger partial charge is 0.154 e. The van der Waals surface area contributed by atoms with Gasteiger partial charge in [-0.25, -0.2) is 0 Å². The summed E-state index contributed by atoms with van der Waals surface area (Å²) >= 11 is 6.02. The minimum Gasteiger partial charge on any atom is -0.0843 e. The summed E-state index contributed by atoms with van der Waals surface area (Å²) in [6.07, 6.45) is 0. The molecule has 20 heavy (non-hydrogen) atoms. The molecule has 0 saturated carbocycles. The van der Waals surface area contributed by atoms with Crippen molar-refractivity contribution in [1.82, 2.24) is 0 Å². The lowest BCUT2D eigenvalue weighted by atomic mass is 10.3. The van der Waals surface area contributed by atoms with Crippen LogP contribution in [0.2, 0.25) is 5.02 Å². The smallest absolute Gasteiger partial charge is 0.0843 e. The van der Waals surface area contributed by atoms with Gasteiger partial charge in [0.1, 0.15) is 0 Å². The normalized spacial score (nSPS) is 10.7. The molecule has 0 aliphatic carbocycles. The number of halogens is 1. The minimum atomic E-state index is -0.952. The Morgan fingerprint density at radius 3 is 1.35 bits per heavy atom. The maximum atomic E-state index is 6.02. The van der Waals surface area contributed by atoms with Crippen molar-refractivity contribution in [2.45, 2.75) is 0 Å². The Bertz CT molecular complexity index is 623. The number of hydrogen-bond acceptors (Lipinski definition) is 0. The summed E-state index contributed by atoms with van der Waals surface area (Å²) in [7, 11) is -0.952. The van der Waals surface area contributed by atoms with Crippen LogP contribution in [0.4, 0.5) is 0 Å². The van der Waals surface area contributed by atoms with Gasteiger partial charge in [-0.1, -0.05) is 100.0 Å². The van der Waals surface area contributed by atoms with Gasteiger partial charge in [-0.2, -0.15) is 0 Å². The van der Waals surface area contributed by atoms with Gasteiger partial charge in [0.05, 0.1) is 0 Å². The number of hydrogen-bond donors (Lipinski definition) is 0. The quantitative estimate of drug-likeness (QED) is 0.515. The van der Waals surface area contributed by atoms with Crippen LogP contribution in [-0.4, -0.2) is 8.80 Å². The molecule has 0 heterocycles. The van der Waals surface area contributed by atoms with E-state index in [2.05, 4.69) is 72.8 Å². The van der Waals surface area contributed by atoms with Crippen molar-refractivity contribution in [3.05, 3.63) is 90.0 Å². The van der Waals surface area contributed by atoms with Crippen molar-refractivity contribution < 1.29 is 0 Å². The van der Waals surface area contributed by atoms with E-state index in [0.717, 1.165) is 5.02 Å². The standard InChI is InChI=1S/C18H14ClSi/c19-15-11-13-18(14-12-15)20(16-7-3-1-4-8-16)17-9-5-2-6-10-17/h1-14H. The Hall–Kier alpha value is -1.83. The highest BCUT2D eigenvalue weighted by atomic mass is 35.5. The molecule has 3 aromatic carbocycles. The van der Waals surface area contributed by atoms with Crippen LogP contribution in [0.15, 0.2) is 84.9 Å². The second-order valence-electron chi connectivity index (χ2n) is 4.61. The molecular formula is C18H14ClSi. The molecule has 0 spiro atoms. The third kappa shape index (κ3) is 2.84. The lowest BCUT2D eigenvalue weighted by Gasteiger charge is -2.16. The maximum Gasteiger partial charge on any atom is 0.154 e. The third-order valence-corrected chi connectivity index (χ3v) is 6.24. The molecule has 97 valence electrons. The number of rotatable bonds is 3. The highest BCUT2D eigenvalue weighted by molar-refractivity contribution is 6.95. The zero-order valence-corrected chi connectivity index (χ0v) is 12.7. The van der Waals surface area contributed by atoms with Crippen LogP contribution in [0, 0.1) is 0 Å². The van der Waals surface area contributed by atoms with Gasteiger partial charge in [0.25, 0.3) is 0 Å². The molecular weight excluding hydrogens is 280 g/mol. The molecule has 1 radical (unpaired) electrons. The summed E-state index contributed by atoms with van der Waals surface area (Å²) in [5.41, 5.74) is 0. The van der Waals surface area contributed by atoms with Crippen molar-refractivity contribution >= 4 is 36.0 Å². The lowest BCUT2D eigenvalue weighted by Crippen LogP contribution is -2.51. The molecule has 0 N–H and O–H groups in total. The summed E-state index contributed by atoms with van der Waals surface area (Å²) in [5.74, 6) is 0. The SMILES string of the molecule is Clc1ccc([Si](c2ccccc2)c2ccccc2)cc1.